The van der Waals surface area contributed by atoms with E-state index in [1.807, 2.05) is 11.8 Å². The second kappa shape index (κ2) is 4.79. The number of rotatable bonds is 2. The van der Waals surface area contributed by atoms with E-state index in [-0.39, 0.29) is 0 Å². The number of thioether (sulfide) groups is 2. The first-order valence-electron chi connectivity index (χ1n) is 5.31. The smallest absolute Gasteiger partial charge is 0.157 e. The van der Waals surface area contributed by atoms with Crippen LogP contribution in [0, 0.1) is 5.92 Å². The van der Waals surface area contributed by atoms with E-state index in [1.54, 1.807) is 0 Å². The van der Waals surface area contributed by atoms with Gasteiger partial charge in [-0.05, 0) is 30.8 Å². The summed E-state index contributed by atoms with van der Waals surface area (Å²) in [7, 11) is 0. The highest BCUT2D eigenvalue weighted by atomic mass is 32.2. The first-order chi connectivity index (χ1) is 6.75. The maximum atomic E-state index is 4.66. The monoisotopic (exact) mass is 230 g/mol. The number of nitrogens with zero attached hydrogens (tertiary/aromatic N) is 1. The summed E-state index contributed by atoms with van der Waals surface area (Å²) < 4.78 is 0. The Balaban J connectivity index is 1.80. The highest BCUT2D eigenvalue weighted by molar-refractivity contribution is 8.14. The molecule has 3 atom stereocenters. The molecule has 0 saturated carbocycles. The molecule has 2 fully saturated rings. The maximum Gasteiger partial charge on any atom is 0.157 e. The molecule has 3 unspecified atom stereocenters. The van der Waals surface area contributed by atoms with E-state index < -0.39 is 0 Å². The molecule has 80 valence electrons. The maximum absolute atomic E-state index is 4.66. The molecule has 2 saturated heterocycles. The Morgan fingerprint density at radius 2 is 2.36 bits per heavy atom. The van der Waals surface area contributed by atoms with Crippen LogP contribution in [0.3, 0.4) is 0 Å². The molecule has 2 rings (SSSR count). The van der Waals surface area contributed by atoms with Crippen LogP contribution >= 0.6 is 23.5 Å². The molecular formula is C10H18N2S2. The van der Waals surface area contributed by atoms with Gasteiger partial charge in [0.25, 0.3) is 0 Å². The van der Waals surface area contributed by atoms with Crippen LogP contribution in [0.15, 0.2) is 4.99 Å². The minimum absolute atomic E-state index is 0.580. The Kier molecular flexibility index (Phi) is 3.66. The van der Waals surface area contributed by atoms with E-state index in [0.29, 0.717) is 11.3 Å². The van der Waals surface area contributed by atoms with Gasteiger partial charge < -0.3 is 5.32 Å². The first kappa shape index (κ1) is 10.7. The third-order valence-electron chi connectivity index (χ3n) is 2.87. The van der Waals surface area contributed by atoms with Crippen LogP contribution < -0.4 is 5.32 Å². The van der Waals surface area contributed by atoms with Crippen molar-refractivity contribution in [1.29, 1.82) is 0 Å². The zero-order chi connectivity index (χ0) is 9.97. The third kappa shape index (κ3) is 2.60. The Hall–Kier alpha value is 0.170. The van der Waals surface area contributed by atoms with Crippen LogP contribution in [-0.2, 0) is 0 Å². The van der Waals surface area contributed by atoms with Gasteiger partial charge >= 0.3 is 0 Å². The van der Waals surface area contributed by atoms with Gasteiger partial charge in [0, 0.05) is 17.8 Å². The van der Waals surface area contributed by atoms with Crippen molar-refractivity contribution < 1.29 is 0 Å². The zero-order valence-electron chi connectivity index (χ0n) is 8.82. The number of amidine groups is 1. The Morgan fingerprint density at radius 1 is 1.50 bits per heavy atom. The summed E-state index contributed by atoms with van der Waals surface area (Å²) in [6.45, 7) is 5.52. The average molecular weight is 230 g/mol. The molecule has 0 aliphatic carbocycles. The molecule has 0 spiro atoms. The zero-order valence-corrected chi connectivity index (χ0v) is 10.5. The summed E-state index contributed by atoms with van der Waals surface area (Å²) in [4.78, 5) is 4.66. The molecule has 0 aromatic heterocycles. The lowest BCUT2D eigenvalue weighted by molar-refractivity contribution is 0.609. The Morgan fingerprint density at radius 3 is 2.93 bits per heavy atom. The first-order valence-corrected chi connectivity index (χ1v) is 7.34. The number of hydrogen-bond donors (Lipinski definition) is 1. The molecule has 4 heteroatoms. The van der Waals surface area contributed by atoms with Crippen LogP contribution in [0.1, 0.15) is 20.3 Å². The van der Waals surface area contributed by atoms with Gasteiger partial charge in [0.2, 0.25) is 0 Å². The minimum Gasteiger partial charge on any atom is -0.361 e. The van der Waals surface area contributed by atoms with Gasteiger partial charge in [-0.25, -0.2) is 0 Å². The van der Waals surface area contributed by atoms with E-state index >= 15 is 0 Å². The summed E-state index contributed by atoms with van der Waals surface area (Å²) in [5, 5.41) is 5.27. The lowest BCUT2D eigenvalue weighted by Gasteiger charge is -2.05. The summed E-state index contributed by atoms with van der Waals surface area (Å²) in [5.41, 5.74) is 0. The highest BCUT2D eigenvalue weighted by Crippen LogP contribution is 2.26. The van der Waals surface area contributed by atoms with Crippen molar-refractivity contribution in [2.45, 2.75) is 31.6 Å². The van der Waals surface area contributed by atoms with Crippen molar-refractivity contribution in [1.82, 2.24) is 5.32 Å². The molecule has 0 radical (unpaired) electrons. The Labute approximate surface area is 94.7 Å². The van der Waals surface area contributed by atoms with Crippen LogP contribution in [0.2, 0.25) is 0 Å². The number of nitrogens with one attached hydrogen (secondary N) is 1. The molecule has 2 aliphatic rings. The molecule has 0 bridgehead atoms. The summed E-state index contributed by atoms with van der Waals surface area (Å²) >= 11 is 3.96. The molecule has 0 amide bonds. The van der Waals surface area contributed by atoms with Crippen molar-refractivity contribution in [3.8, 4) is 0 Å². The average Bonchev–Trinajstić information content (AvgIpc) is 2.74. The lowest BCUT2D eigenvalue weighted by Crippen LogP contribution is -2.27. The van der Waals surface area contributed by atoms with E-state index in [9.17, 15) is 0 Å². The molecule has 1 N–H and O–H groups in total. The predicted octanol–water partition coefficient (Wildman–Crippen LogP) is 2.21. The van der Waals surface area contributed by atoms with Crippen LogP contribution in [0.25, 0.3) is 0 Å². The molecular weight excluding hydrogens is 212 g/mol. The van der Waals surface area contributed by atoms with Crippen LogP contribution in [0.4, 0.5) is 0 Å². The predicted molar refractivity (Wildman–Crippen MR) is 67.4 cm³/mol. The molecule has 0 aromatic rings. The lowest BCUT2D eigenvalue weighted by atomic mass is 10.1. The van der Waals surface area contributed by atoms with E-state index in [4.69, 9.17) is 0 Å². The fraction of sp³-hybridized carbons (Fsp3) is 0.900. The fourth-order valence-corrected chi connectivity index (χ4v) is 3.95. The van der Waals surface area contributed by atoms with Crippen molar-refractivity contribution >= 4 is 28.7 Å². The van der Waals surface area contributed by atoms with Crippen molar-refractivity contribution in [2.75, 3.05) is 18.1 Å². The van der Waals surface area contributed by atoms with Gasteiger partial charge in [0.05, 0.1) is 0 Å². The van der Waals surface area contributed by atoms with Gasteiger partial charge in [-0.2, -0.15) is 11.8 Å². The normalized spacial score (nSPS) is 40.4. The van der Waals surface area contributed by atoms with E-state index in [2.05, 4.69) is 35.9 Å². The van der Waals surface area contributed by atoms with E-state index in [0.717, 1.165) is 12.5 Å². The van der Waals surface area contributed by atoms with Gasteiger partial charge in [0.15, 0.2) is 5.17 Å². The van der Waals surface area contributed by atoms with Crippen LogP contribution in [-0.4, -0.2) is 34.5 Å². The van der Waals surface area contributed by atoms with Crippen molar-refractivity contribution in [3.63, 3.8) is 0 Å². The Bertz CT molecular complexity index is 212. The molecule has 0 aromatic carbocycles. The van der Waals surface area contributed by atoms with Gasteiger partial charge in [0.1, 0.15) is 0 Å². The molecule has 14 heavy (non-hydrogen) atoms. The van der Waals surface area contributed by atoms with Crippen LogP contribution in [0.5, 0.6) is 0 Å². The number of aliphatic imine (C=N–C) groups is 1. The van der Waals surface area contributed by atoms with E-state index in [1.165, 1.54) is 23.1 Å². The SMILES string of the molecule is CC1NC(=NCC2CCSC2)SC1C. The summed E-state index contributed by atoms with van der Waals surface area (Å²) in [6.07, 6.45) is 1.36. The molecule has 2 nitrogen and oxygen atoms in total. The largest absolute Gasteiger partial charge is 0.361 e. The van der Waals surface area contributed by atoms with Gasteiger partial charge in [-0.15, -0.1) is 0 Å². The topological polar surface area (TPSA) is 24.4 Å². The standard InChI is InChI=1S/C10H18N2S2/c1-7-8(2)14-10(12-7)11-5-9-3-4-13-6-9/h7-9H,3-6H2,1-2H3,(H,11,12). The van der Waals surface area contributed by atoms with Crippen molar-refractivity contribution in [2.24, 2.45) is 10.9 Å². The second-order valence-corrected chi connectivity index (χ2v) is 6.65. The summed E-state index contributed by atoms with van der Waals surface area (Å²) in [6, 6.07) is 0.580. The van der Waals surface area contributed by atoms with Gasteiger partial charge in [-0.3, -0.25) is 4.99 Å². The minimum atomic E-state index is 0.580. The quantitative estimate of drug-likeness (QED) is 0.787. The van der Waals surface area contributed by atoms with Gasteiger partial charge in [-0.1, -0.05) is 18.7 Å². The number of hydrogen-bond acceptors (Lipinski definition) is 3. The fourth-order valence-electron chi connectivity index (χ4n) is 1.65. The molecule has 2 aliphatic heterocycles. The highest BCUT2D eigenvalue weighted by Gasteiger charge is 2.24. The third-order valence-corrected chi connectivity index (χ3v) is 5.35. The van der Waals surface area contributed by atoms with Crippen molar-refractivity contribution in [3.05, 3.63) is 0 Å². The second-order valence-electron chi connectivity index (χ2n) is 4.13. The molecule has 2 heterocycles. The summed E-state index contributed by atoms with van der Waals surface area (Å²) in [5.74, 6) is 3.48.